The third-order valence-corrected chi connectivity index (χ3v) is 6.87. The molecule has 5 rings (SSSR count). The second-order valence-electron chi connectivity index (χ2n) is 9.98. The fourth-order valence-electron chi connectivity index (χ4n) is 4.40. The van der Waals surface area contributed by atoms with Crippen LogP contribution in [0.3, 0.4) is 0 Å². The Labute approximate surface area is 216 Å². The summed E-state index contributed by atoms with van der Waals surface area (Å²) < 4.78 is 28.0. The lowest BCUT2D eigenvalue weighted by atomic mass is 9.98. The summed E-state index contributed by atoms with van der Waals surface area (Å²) in [5.41, 5.74) is 11.5. The standard InChI is InChI=1S/C27H30N6O3S/c1-16(2)13-29-26-27-30-14-24(19-9-10-21(25(28)34)22(12-19)17-7-8-17)33(27)15-23(31-26)18-5-4-6-20(11-18)32-37(3,35)36/h4-6,9-12,14-17,32H,7-8,13H2,1-3H3,(H2,28,34)(H,29,31). The number of nitrogens with two attached hydrogens (primary N) is 1. The first-order valence-electron chi connectivity index (χ1n) is 12.2. The van der Waals surface area contributed by atoms with Crippen LogP contribution in [0.2, 0.25) is 0 Å². The summed E-state index contributed by atoms with van der Waals surface area (Å²) in [6.07, 6.45) is 6.92. The minimum atomic E-state index is -3.42. The molecule has 4 aromatic rings. The molecule has 0 saturated heterocycles. The first kappa shape index (κ1) is 24.8. The van der Waals surface area contributed by atoms with Crippen LogP contribution < -0.4 is 15.8 Å². The number of sulfonamides is 1. The van der Waals surface area contributed by atoms with Crippen molar-refractivity contribution in [1.82, 2.24) is 14.4 Å². The highest BCUT2D eigenvalue weighted by Gasteiger charge is 2.28. The predicted octanol–water partition coefficient (Wildman–Crippen LogP) is 4.48. The molecule has 0 radical (unpaired) electrons. The van der Waals surface area contributed by atoms with Crippen LogP contribution in [-0.4, -0.2) is 41.5 Å². The zero-order valence-corrected chi connectivity index (χ0v) is 21.8. The molecule has 37 heavy (non-hydrogen) atoms. The zero-order valence-electron chi connectivity index (χ0n) is 21.0. The highest BCUT2D eigenvalue weighted by atomic mass is 32.2. The normalized spacial score (nSPS) is 13.7. The van der Waals surface area contributed by atoms with Crippen molar-refractivity contribution in [3.63, 3.8) is 0 Å². The summed E-state index contributed by atoms with van der Waals surface area (Å²) in [5.74, 6) is 0.966. The maximum absolute atomic E-state index is 12.0. The Morgan fingerprint density at radius 3 is 2.62 bits per heavy atom. The molecule has 10 heteroatoms. The molecule has 4 N–H and O–H groups in total. The van der Waals surface area contributed by atoms with Gasteiger partial charge >= 0.3 is 0 Å². The number of carbonyl (C=O) groups excluding carboxylic acids is 1. The number of hydrogen-bond acceptors (Lipinski definition) is 6. The topological polar surface area (TPSA) is 131 Å². The van der Waals surface area contributed by atoms with E-state index < -0.39 is 15.9 Å². The van der Waals surface area contributed by atoms with Gasteiger partial charge in [-0.2, -0.15) is 0 Å². The Morgan fingerprint density at radius 1 is 1.16 bits per heavy atom. The molecule has 1 aliphatic carbocycles. The van der Waals surface area contributed by atoms with E-state index in [1.54, 1.807) is 30.5 Å². The van der Waals surface area contributed by atoms with Gasteiger partial charge < -0.3 is 11.1 Å². The number of benzene rings is 2. The van der Waals surface area contributed by atoms with Crippen molar-refractivity contribution in [2.24, 2.45) is 11.7 Å². The van der Waals surface area contributed by atoms with E-state index in [1.165, 1.54) is 0 Å². The minimum absolute atomic E-state index is 0.354. The van der Waals surface area contributed by atoms with Crippen LogP contribution in [0.25, 0.3) is 28.2 Å². The number of nitrogens with zero attached hydrogens (tertiary/aromatic N) is 3. The van der Waals surface area contributed by atoms with Gasteiger partial charge in [-0.25, -0.2) is 18.4 Å². The second-order valence-corrected chi connectivity index (χ2v) is 11.7. The van der Waals surface area contributed by atoms with E-state index in [0.717, 1.165) is 41.5 Å². The maximum Gasteiger partial charge on any atom is 0.248 e. The molecule has 2 heterocycles. The molecule has 0 atom stereocenters. The number of nitrogens with one attached hydrogen (secondary N) is 2. The molecular weight excluding hydrogens is 488 g/mol. The summed E-state index contributed by atoms with van der Waals surface area (Å²) in [5, 5.41) is 3.41. The van der Waals surface area contributed by atoms with Crippen LogP contribution in [0.5, 0.6) is 0 Å². The van der Waals surface area contributed by atoms with Crippen molar-refractivity contribution in [1.29, 1.82) is 0 Å². The third kappa shape index (κ3) is 5.43. The molecule has 1 aliphatic rings. The average Bonchev–Trinajstić information content (AvgIpc) is 3.60. The summed E-state index contributed by atoms with van der Waals surface area (Å²) in [7, 11) is -3.42. The smallest absolute Gasteiger partial charge is 0.248 e. The Balaban J connectivity index is 1.65. The summed E-state index contributed by atoms with van der Waals surface area (Å²) in [6.45, 7) is 4.94. The lowest BCUT2D eigenvalue weighted by Crippen LogP contribution is -2.13. The number of aromatic nitrogens is 3. The van der Waals surface area contributed by atoms with E-state index in [1.807, 2.05) is 28.8 Å². The van der Waals surface area contributed by atoms with Crippen LogP contribution >= 0.6 is 0 Å². The van der Waals surface area contributed by atoms with Crippen LogP contribution in [0.4, 0.5) is 11.5 Å². The fourth-order valence-corrected chi connectivity index (χ4v) is 4.95. The van der Waals surface area contributed by atoms with E-state index in [2.05, 4.69) is 28.9 Å². The van der Waals surface area contributed by atoms with Gasteiger partial charge in [-0.1, -0.05) is 32.0 Å². The number of imidazole rings is 1. The van der Waals surface area contributed by atoms with Crippen molar-refractivity contribution in [3.05, 3.63) is 66.0 Å². The third-order valence-electron chi connectivity index (χ3n) is 6.26. The van der Waals surface area contributed by atoms with Gasteiger partial charge in [0.2, 0.25) is 15.9 Å². The van der Waals surface area contributed by atoms with Gasteiger partial charge in [-0.05, 0) is 54.5 Å². The minimum Gasteiger partial charge on any atom is -0.367 e. The van der Waals surface area contributed by atoms with Crippen molar-refractivity contribution >= 4 is 33.1 Å². The Kier molecular flexibility index (Phi) is 6.36. The Bertz CT molecular complexity index is 1610. The average molecular weight is 519 g/mol. The molecule has 192 valence electrons. The predicted molar refractivity (Wildman–Crippen MR) is 146 cm³/mol. The lowest BCUT2D eigenvalue weighted by Gasteiger charge is -2.14. The van der Waals surface area contributed by atoms with E-state index in [0.29, 0.717) is 46.8 Å². The first-order chi connectivity index (χ1) is 17.6. The van der Waals surface area contributed by atoms with E-state index in [9.17, 15) is 13.2 Å². The highest BCUT2D eigenvalue weighted by molar-refractivity contribution is 7.92. The van der Waals surface area contributed by atoms with Crippen molar-refractivity contribution < 1.29 is 13.2 Å². The van der Waals surface area contributed by atoms with Gasteiger partial charge in [0, 0.05) is 35.1 Å². The van der Waals surface area contributed by atoms with Crippen molar-refractivity contribution in [3.8, 4) is 22.5 Å². The summed E-state index contributed by atoms with van der Waals surface area (Å²) in [4.78, 5) is 21.5. The quantitative estimate of drug-likeness (QED) is 0.299. The van der Waals surface area contributed by atoms with Gasteiger partial charge in [-0.15, -0.1) is 0 Å². The van der Waals surface area contributed by atoms with E-state index in [-0.39, 0.29) is 0 Å². The van der Waals surface area contributed by atoms with E-state index >= 15 is 0 Å². The Hall–Kier alpha value is -3.92. The van der Waals surface area contributed by atoms with E-state index in [4.69, 9.17) is 10.7 Å². The van der Waals surface area contributed by atoms with Gasteiger partial charge in [-0.3, -0.25) is 13.9 Å². The number of amides is 1. The molecule has 0 spiro atoms. The van der Waals surface area contributed by atoms with Gasteiger partial charge in [0.25, 0.3) is 0 Å². The van der Waals surface area contributed by atoms with Gasteiger partial charge in [0.1, 0.15) is 0 Å². The lowest BCUT2D eigenvalue weighted by molar-refractivity contribution is 0.0999. The molecule has 1 saturated carbocycles. The summed E-state index contributed by atoms with van der Waals surface area (Å²) in [6, 6.07) is 12.9. The molecule has 2 aromatic heterocycles. The Morgan fingerprint density at radius 2 is 1.95 bits per heavy atom. The summed E-state index contributed by atoms with van der Waals surface area (Å²) >= 11 is 0. The number of hydrogen-bond donors (Lipinski definition) is 3. The largest absolute Gasteiger partial charge is 0.367 e. The fraction of sp³-hybridized carbons (Fsp3) is 0.296. The first-order valence-corrected chi connectivity index (χ1v) is 14.1. The molecule has 2 aromatic carbocycles. The molecule has 0 bridgehead atoms. The molecule has 1 fully saturated rings. The highest BCUT2D eigenvalue weighted by Crippen LogP contribution is 2.43. The number of primary amides is 1. The SMILES string of the molecule is CC(C)CNc1nc(-c2cccc(NS(C)(=O)=O)c2)cn2c(-c3ccc(C(N)=O)c(C4CC4)c3)cnc12. The van der Waals surface area contributed by atoms with Gasteiger partial charge in [0.15, 0.2) is 11.5 Å². The maximum atomic E-state index is 12.0. The number of fused-ring (bicyclic) bond motifs is 1. The molecular formula is C27H30N6O3S. The van der Waals surface area contributed by atoms with Crippen LogP contribution in [0.1, 0.15) is 48.5 Å². The molecule has 0 aliphatic heterocycles. The van der Waals surface area contributed by atoms with Crippen molar-refractivity contribution in [2.75, 3.05) is 22.8 Å². The van der Waals surface area contributed by atoms with Crippen LogP contribution in [0.15, 0.2) is 54.9 Å². The zero-order chi connectivity index (χ0) is 26.3. The molecule has 1 amide bonds. The monoisotopic (exact) mass is 518 g/mol. The second kappa shape index (κ2) is 9.51. The van der Waals surface area contributed by atoms with Crippen LogP contribution in [-0.2, 0) is 10.0 Å². The number of rotatable bonds is 9. The molecule has 0 unspecified atom stereocenters. The van der Waals surface area contributed by atoms with Crippen LogP contribution in [0, 0.1) is 5.92 Å². The van der Waals surface area contributed by atoms with Gasteiger partial charge in [0.05, 0.1) is 23.8 Å². The van der Waals surface area contributed by atoms with Crippen molar-refractivity contribution in [2.45, 2.75) is 32.6 Å². The number of carbonyl (C=O) groups is 1. The number of anilines is 2. The molecule has 9 nitrogen and oxygen atoms in total.